The van der Waals surface area contributed by atoms with Crippen LogP contribution in [0.4, 0.5) is 4.39 Å². The van der Waals surface area contributed by atoms with Gasteiger partial charge in [0.15, 0.2) is 0 Å². The van der Waals surface area contributed by atoms with Gasteiger partial charge < -0.3 is 15.2 Å². The average Bonchev–Trinajstić information content (AvgIpc) is 2.81. The Labute approximate surface area is 122 Å². The standard InChI is InChI=1S/C15H18FNO4/c1-21-11-3-2-10(12(16)8-11)9-15(7-5-14(19)20)6-4-13(18)17-15/h2-3,8H,4-7,9H2,1H3,(H,17,18)(H,19,20)/t15-/m0/s1. The Kier molecular flexibility index (Phi) is 4.45. The van der Waals surface area contributed by atoms with Crippen molar-refractivity contribution < 1.29 is 23.8 Å². The normalized spacial score (nSPS) is 21.1. The minimum absolute atomic E-state index is 0.0575. The molecule has 0 unspecified atom stereocenters. The molecule has 21 heavy (non-hydrogen) atoms. The van der Waals surface area contributed by atoms with Gasteiger partial charge in [-0.1, -0.05) is 6.07 Å². The van der Waals surface area contributed by atoms with E-state index in [2.05, 4.69) is 5.32 Å². The zero-order valence-electron chi connectivity index (χ0n) is 11.8. The van der Waals surface area contributed by atoms with E-state index in [1.165, 1.54) is 13.2 Å². The van der Waals surface area contributed by atoms with E-state index in [0.29, 0.717) is 30.6 Å². The maximum Gasteiger partial charge on any atom is 0.303 e. The van der Waals surface area contributed by atoms with Crippen molar-refractivity contribution in [3.05, 3.63) is 29.6 Å². The number of methoxy groups -OCH3 is 1. The number of ether oxygens (including phenoxy) is 1. The molecule has 0 radical (unpaired) electrons. The number of benzene rings is 1. The van der Waals surface area contributed by atoms with Crippen LogP contribution in [0, 0.1) is 5.82 Å². The topological polar surface area (TPSA) is 75.6 Å². The lowest BCUT2D eigenvalue weighted by Gasteiger charge is -2.29. The molecular formula is C15H18FNO4. The van der Waals surface area contributed by atoms with Crippen LogP contribution in [0.3, 0.4) is 0 Å². The third-order valence-electron chi connectivity index (χ3n) is 3.84. The number of hydrogen-bond acceptors (Lipinski definition) is 3. The van der Waals surface area contributed by atoms with Crippen LogP contribution in [0.5, 0.6) is 5.75 Å². The molecule has 1 aromatic carbocycles. The molecule has 1 atom stereocenters. The number of aliphatic carboxylic acids is 1. The van der Waals surface area contributed by atoms with E-state index in [0.717, 1.165) is 0 Å². The number of amides is 1. The molecule has 0 saturated carbocycles. The number of rotatable bonds is 6. The van der Waals surface area contributed by atoms with Gasteiger partial charge in [-0.15, -0.1) is 0 Å². The molecule has 1 amide bonds. The Morgan fingerprint density at radius 3 is 2.81 bits per heavy atom. The van der Waals surface area contributed by atoms with Crippen LogP contribution < -0.4 is 10.1 Å². The zero-order valence-corrected chi connectivity index (χ0v) is 11.8. The predicted octanol–water partition coefficient (Wildman–Crippen LogP) is 1.89. The molecule has 2 rings (SSSR count). The molecule has 0 bridgehead atoms. The highest BCUT2D eigenvalue weighted by Crippen LogP contribution is 2.31. The molecule has 5 nitrogen and oxygen atoms in total. The SMILES string of the molecule is COc1ccc(C[C@@]2(CCC(=O)O)CCC(=O)N2)c(F)c1. The molecule has 1 saturated heterocycles. The number of hydrogen-bond donors (Lipinski definition) is 2. The van der Waals surface area contributed by atoms with Crippen molar-refractivity contribution in [2.45, 2.75) is 37.6 Å². The van der Waals surface area contributed by atoms with E-state index in [1.54, 1.807) is 12.1 Å². The Balaban J connectivity index is 2.19. The fourth-order valence-corrected chi connectivity index (χ4v) is 2.69. The van der Waals surface area contributed by atoms with Gasteiger partial charge in [-0.25, -0.2) is 4.39 Å². The maximum absolute atomic E-state index is 14.0. The molecule has 1 aliphatic heterocycles. The predicted molar refractivity (Wildman–Crippen MR) is 73.6 cm³/mol. The fraction of sp³-hybridized carbons (Fsp3) is 0.467. The second kappa shape index (κ2) is 6.11. The summed E-state index contributed by atoms with van der Waals surface area (Å²) in [5.41, 5.74) is -0.228. The summed E-state index contributed by atoms with van der Waals surface area (Å²) >= 11 is 0. The van der Waals surface area contributed by atoms with E-state index in [9.17, 15) is 14.0 Å². The second-order valence-corrected chi connectivity index (χ2v) is 5.36. The molecule has 0 aliphatic carbocycles. The van der Waals surface area contributed by atoms with Crippen LogP contribution in [0.2, 0.25) is 0 Å². The third kappa shape index (κ3) is 3.71. The Hall–Kier alpha value is -2.11. The van der Waals surface area contributed by atoms with Gasteiger partial charge in [0.05, 0.1) is 7.11 Å². The summed E-state index contributed by atoms with van der Waals surface area (Å²) in [6.07, 6.45) is 1.38. The van der Waals surface area contributed by atoms with Gasteiger partial charge in [-0.05, 0) is 30.9 Å². The summed E-state index contributed by atoms with van der Waals surface area (Å²) in [5, 5.41) is 11.7. The van der Waals surface area contributed by atoms with Crippen LogP contribution in [0.1, 0.15) is 31.2 Å². The van der Waals surface area contributed by atoms with Gasteiger partial charge in [-0.2, -0.15) is 0 Å². The first-order valence-corrected chi connectivity index (χ1v) is 6.79. The fourth-order valence-electron chi connectivity index (χ4n) is 2.69. The van der Waals surface area contributed by atoms with Gasteiger partial charge >= 0.3 is 5.97 Å². The summed E-state index contributed by atoms with van der Waals surface area (Å²) in [7, 11) is 1.46. The van der Waals surface area contributed by atoms with Crippen molar-refractivity contribution in [3.63, 3.8) is 0 Å². The van der Waals surface area contributed by atoms with Crippen molar-refractivity contribution in [2.75, 3.05) is 7.11 Å². The van der Waals surface area contributed by atoms with E-state index in [-0.39, 0.29) is 18.7 Å². The first-order chi connectivity index (χ1) is 9.94. The number of carbonyl (C=O) groups excluding carboxylic acids is 1. The summed E-state index contributed by atoms with van der Waals surface area (Å²) in [6, 6.07) is 4.55. The van der Waals surface area contributed by atoms with E-state index in [1.807, 2.05) is 0 Å². The van der Waals surface area contributed by atoms with Crippen molar-refractivity contribution in [1.82, 2.24) is 5.32 Å². The van der Waals surface area contributed by atoms with Crippen molar-refractivity contribution in [1.29, 1.82) is 0 Å². The monoisotopic (exact) mass is 295 g/mol. The smallest absolute Gasteiger partial charge is 0.303 e. The molecule has 1 aliphatic rings. The van der Waals surface area contributed by atoms with E-state index in [4.69, 9.17) is 9.84 Å². The maximum atomic E-state index is 14.0. The number of nitrogens with one attached hydrogen (secondary N) is 1. The highest BCUT2D eigenvalue weighted by Gasteiger charge is 2.38. The molecule has 0 aromatic heterocycles. The molecule has 1 fully saturated rings. The second-order valence-electron chi connectivity index (χ2n) is 5.36. The van der Waals surface area contributed by atoms with Crippen LogP contribution >= 0.6 is 0 Å². The lowest BCUT2D eigenvalue weighted by atomic mass is 9.85. The van der Waals surface area contributed by atoms with Gasteiger partial charge in [0.25, 0.3) is 0 Å². The van der Waals surface area contributed by atoms with Gasteiger partial charge in [-0.3, -0.25) is 9.59 Å². The van der Waals surface area contributed by atoms with E-state index < -0.39 is 17.3 Å². The van der Waals surface area contributed by atoms with Gasteiger partial charge in [0, 0.05) is 24.4 Å². The molecular weight excluding hydrogens is 277 g/mol. The van der Waals surface area contributed by atoms with Crippen LogP contribution in [0.15, 0.2) is 18.2 Å². The lowest BCUT2D eigenvalue weighted by Crippen LogP contribution is -2.44. The summed E-state index contributed by atoms with van der Waals surface area (Å²) in [5.74, 6) is -1.03. The minimum Gasteiger partial charge on any atom is -0.497 e. The Morgan fingerprint density at radius 2 is 2.29 bits per heavy atom. The van der Waals surface area contributed by atoms with Crippen LogP contribution in [-0.4, -0.2) is 29.6 Å². The minimum atomic E-state index is -0.925. The van der Waals surface area contributed by atoms with Crippen LogP contribution in [-0.2, 0) is 16.0 Å². The average molecular weight is 295 g/mol. The van der Waals surface area contributed by atoms with Crippen molar-refractivity contribution >= 4 is 11.9 Å². The largest absolute Gasteiger partial charge is 0.497 e. The summed E-state index contributed by atoms with van der Waals surface area (Å²) in [4.78, 5) is 22.3. The quantitative estimate of drug-likeness (QED) is 0.840. The first-order valence-electron chi connectivity index (χ1n) is 6.79. The van der Waals surface area contributed by atoms with Crippen molar-refractivity contribution in [2.24, 2.45) is 0 Å². The molecule has 6 heteroatoms. The van der Waals surface area contributed by atoms with Crippen LogP contribution in [0.25, 0.3) is 0 Å². The van der Waals surface area contributed by atoms with Gasteiger partial charge in [0.1, 0.15) is 11.6 Å². The molecule has 1 heterocycles. The van der Waals surface area contributed by atoms with Crippen molar-refractivity contribution in [3.8, 4) is 5.75 Å². The Bertz CT molecular complexity index is 561. The molecule has 0 spiro atoms. The highest BCUT2D eigenvalue weighted by molar-refractivity contribution is 5.79. The van der Waals surface area contributed by atoms with E-state index >= 15 is 0 Å². The summed E-state index contributed by atoms with van der Waals surface area (Å²) < 4.78 is 19.0. The number of carbonyl (C=O) groups is 2. The number of carboxylic acids is 1. The summed E-state index contributed by atoms with van der Waals surface area (Å²) in [6.45, 7) is 0. The molecule has 2 N–H and O–H groups in total. The first kappa shape index (κ1) is 15.3. The Morgan fingerprint density at radius 1 is 1.52 bits per heavy atom. The number of carboxylic acid groups (broad SMARTS) is 1. The molecule has 1 aromatic rings. The molecule has 114 valence electrons. The third-order valence-corrected chi connectivity index (χ3v) is 3.84. The highest BCUT2D eigenvalue weighted by atomic mass is 19.1. The number of halogens is 1. The van der Waals surface area contributed by atoms with Gasteiger partial charge in [0.2, 0.25) is 5.91 Å². The lowest BCUT2D eigenvalue weighted by molar-refractivity contribution is -0.137. The zero-order chi connectivity index (χ0) is 15.5.